The predicted molar refractivity (Wildman–Crippen MR) is 109 cm³/mol. The van der Waals surface area contributed by atoms with Gasteiger partial charge in [0, 0.05) is 24.2 Å². The molecule has 1 fully saturated rings. The number of aromatic nitrogens is 5. The lowest BCUT2D eigenvalue weighted by atomic mass is 10.0. The Hall–Kier alpha value is -3.95. The molecule has 10 heteroatoms. The molecule has 0 bridgehead atoms. The molecule has 0 aliphatic carbocycles. The first-order valence-electron chi connectivity index (χ1n) is 10.1. The highest BCUT2D eigenvalue weighted by atomic mass is 19.2. The fourth-order valence-corrected chi connectivity index (χ4v) is 3.73. The second-order valence-corrected chi connectivity index (χ2v) is 7.53. The molecule has 0 spiro atoms. The molecule has 162 valence electrons. The fraction of sp³-hybridized carbons (Fsp3) is 0.227. The highest BCUT2D eigenvalue weighted by Crippen LogP contribution is 2.26. The number of amides is 1. The molecule has 3 heterocycles. The number of rotatable bonds is 4. The molecule has 0 saturated carbocycles. The number of piperidine rings is 1. The lowest BCUT2D eigenvalue weighted by Crippen LogP contribution is -2.39. The standard InChI is InChI=1S/C22H18F2N6O2/c23-17-7-6-15(12-18(17)24)22(31)29-10-8-16(9-11-29)30-13-19(26-28-30)21-25-20(27-32-21)14-4-2-1-3-5-14/h1-7,12-13,16H,8-11H2. The second-order valence-electron chi connectivity index (χ2n) is 7.53. The van der Waals surface area contributed by atoms with E-state index in [0.717, 1.165) is 17.7 Å². The summed E-state index contributed by atoms with van der Waals surface area (Å²) in [5.41, 5.74) is 1.45. The number of halogens is 2. The van der Waals surface area contributed by atoms with Crippen molar-refractivity contribution in [2.75, 3.05) is 13.1 Å². The van der Waals surface area contributed by atoms with Gasteiger partial charge in [-0.05, 0) is 31.0 Å². The zero-order chi connectivity index (χ0) is 22.1. The molecule has 1 saturated heterocycles. The van der Waals surface area contributed by atoms with E-state index in [1.807, 2.05) is 30.3 Å². The van der Waals surface area contributed by atoms with Crippen molar-refractivity contribution in [3.8, 4) is 23.0 Å². The fourth-order valence-electron chi connectivity index (χ4n) is 3.73. The third kappa shape index (κ3) is 3.86. The summed E-state index contributed by atoms with van der Waals surface area (Å²) in [5.74, 6) is -1.57. The Morgan fingerprint density at radius 3 is 2.56 bits per heavy atom. The van der Waals surface area contributed by atoms with Crippen LogP contribution in [0.15, 0.2) is 59.3 Å². The van der Waals surface area contributed by atoms with Crippen molar-refractivity contribution < 1.29 is 18.1 Å². The van der Waals surface area contributed by atoms with Crippen molar-refractivity contribution in [1.82, 2.24) is 30.0 Å². The normalized spacial score (nSPS) is 14.6. The lowest BCUT2D eigenvalue weighted by Gasteiger charge is -2.31. The Labute approximate surface area is 181 Å². The van der Waals surface area contributed by atoms with Crippen LogP contribution >= 0.6 is 0 Å². The third-order valence-electron chi connectivity index (χ3n) is 5.48. The van der Waals surface area contributed by atoms with E-state index < -0.39 is 11.6 Å². The highest BCUT2D eigenvalue weighted by Gasteiger charge is 2.26. The summed E-state index contributed by atoms with van der Waals surface area (Å²) in [7, 11) is 0. The molecule has 1 amide bonds. The molecule has 0 unspecified atom stereocenters. The van der Waals surface area contributed by atoms with Gasteiger partial charge < -0.3 is 9.42 Å². The highest BCUT2D eigenvalue weighted by molar-refractivity contribution is 5.94. The van der Waals surface area contributed by atoms with Gasteiger partial charge in [-0.15, -0.1) is 5.10 Å². The number of carbonyl (C=O) groups excluding carboxylic acids is 1. The van der Waals surface area contributed by atoms with Crippen LogP contribution in [0.2, 0.25) is 0 Å². The molecule has 0 atom stereocenters. The molecular weight excluding hydrogens is 418 g/mol. The zero-order valence-electron chi connectivity index (χ0n) is 16.9. The van der Waals surface area contributed by atoms with Gasteiger partial charge in [-0.25, -0.2) is 13.5 Å². The molecule has 8 nitrogen and oxygen atoms in total. The quantitative estimate of drug-likeness (QED) is 0.484. The van der Waals surface area contributed by atoms with E-state index >= 15 is 0 Å². The summed E-state index contributed by atoms with van der Waals surface area (Å²) in [6, 6.07) is 12.7. The molecule has 1 aliphatic heterocycles. The monoisotopic (exact) mass is 436 g/mol. The Morgan fingerprint density at radius 1 is 1.03 bits per heavy atom. The Kier molecular flexibility index (Phi) is 5.18. The SMILES string of the molecule is O=C(c1ccc(F)c(F)c1)N1CCC(n2cc(-c3nc(-c4ccccc4)no3)nn2)CC1. The molecule has 0 radical (unpaired) electrons. The van der Waals surface area contributed by atoms with Crippen molar-refractivity contribution in [2.24, 2.45) is 0 Å². The molecule has 2 aromatic heterocycles. The van der Waals surface area contributed by atoms with Gasteiger partial charge in [-0.3, -0.25) is 4.79 Å². The average Bonchev–Trinajstić information content (AvgIpc) is 3.51. The van der Waals surface area contributed by atoms with Crippen LogP contribution < -0.4 is 0 Å². The van der Waals surface area contributed by atoms with Crippen LogP contribution in [0.1, 0.15) is 29.2 Å². The van der Waals surface area contributed by atoms with E-state index in [1.165, 1.54) is 6.07 Å². The van der Waals surface area contributed by atoms with Gasteiger partial charge in [0.1, 0.15) is 0 Å². The first kappa shape index (κ1) is 20.0. The van der Waals surface area contributed by atoms with Crippen molar-refractivity contribution in [3.05, 3.63) is 71.9 Å². The maximum Gasteiger partial charge on any atom is 0.280 e. The van der Waals surface area contributed by atoms with Crippen molar-refractivity contribution in [3.63, 3.8) is 0 Å². The third-order valence-corrected chi connectivity index (χ3v) is 5.48. The van der Waals surface area contributed by atoms with Crippen LogP contribution in [-0.2, 0) is 0 Å². The smallest absolute Gasteiger partial charge is 0.280 e. The van der Waals surface area contributed by atoms with Crippen LogP contribution in [0, 0.1) is 11.6 Å². The van der Waals surface area contributed by atoms with Gasteiger partial charge in [-0.2, -0.15) is 4.98 Å². The van der Waals surface area contributed by atoms with E-state index in [4.69, 9.17) is 4.52 Å². The van der Waals surface area contributed by atoms with Crippen molar-refractivity contribution in [2.45, 2.75) is 18.9 Å². The first-order valence-corrected chi connectivity index (χ1v) is 10.1. The number of nitrogens with zero attached hydrogens (tertiary/aromatic N) is 6. The lowest BCUT2D eigenvalue weighted by molar-refractivity contribution is 0.0688. The largest absolute Gasteiger partial charge is 0.338 e. The van der Waals surface area contributed by atoms with Gasteiger partial charge >= 0.3 is 0 Å². The second kappa shape index (κ2) is 8.29. The Bertz CT molecular complexity index is 1250. The van der Waals surface area contributed by atoms with Gasteiger partial charge in [0.25, 0.3) is 11.8 Å². The van der Waals surface area contributed by atoms with Crippen LogP contribution in [0.25, 0.3) is 23.0 Å². The molecule has 2 aromatic carbocycles. The summed E-state index contributed by atoms with van der Waals surface area (Å²) in [6.07, 6.45) is 3.05. The minimum absolute atomic E-state index is 0.0433. The van der Waals surface area contributed by atoms with Crippen LogP contribution in [-0.4, -0.2) is 49.0 Å². The van der Waals surface area contributed by atoms with E-state index in [1.54, 1.807) is 15.8 Å². The van der Waals surface area contributed by atoms with Gasteiger partial charge in [0.05, 0.1) is 12.2 Å². The van der Waals surface area contributed by atoms with E-state index in [9.17, 15) is 13.6 Å². The van der Waals surface area contributed by atoms with Crippen molar-refractivity contribution >= 4 is 5.91 Å². The van der Waals surface area contributed by atoms with E-state index in [-0.39, 0.29) is 23.4 Å². The molecule has 0 N–H and O–H groups in total. The number of likely N-dealkylation sites (tertiary alicyclic amines) is 1. The Morgan fingerprint density at radius 2 is 1.81 bits per heavy atom. The van der Waals surface area contributed by atoms with Crippen molar-refractivity contribution in [1.29, 1.82) is 0 Å². The topological polar surface area (TPSA) is 89.9 Å². The number of hydrogen-bond acceptors (Lipinski definition) is 6. The van der Waals surface area contributed by atoms with E-state index in [0.29, 0.717) is 37.4 Å². The molecule has 32 heavy (non-hydrogen) atoms. The first-order chi connectivity index (χ1) is 15.6. The molecule has 1 aliphatic rings. The average molecular weight is 436 g/mol. The minimum Gasteiger partial charge on any atom is -0.338 e. The van der Waals surface area contributed by atoms with Gasteiger partial charge in [0.2, 0.25) is 5.82 Å². The molecule has 4 aromatic rings. The van der Waals surface area contributed by atoms with E-state index in [2.05, 4.69) is 20.5 Å². The minimum atomic E-state index is -1.03. The number of hydrogen-bond donors (Lipinski definition) is 0. The summed E-state index contributed by atoms with van der Waals surface area (Å²) >= 11 is 0. The van der Waals surface area contributed by atoms with Gasteiger partial charge in [-0.1, -0.05) is 40.7 Å². The van der Waals surface area contributed by atoms with Crippen LogP contribution in [0.5, 0.6) is 0 Å². The Balaban J connectivity index is 1.24. The molecular formula is C22H18F2N6O2. The van der Waals surface area contributed by atoms with Crippen LogP contribution in [0.3, 0.4) is 0 Å². The summed E-state index contributed by atoms with van der Waals surface area (Å²) in [5, 5.41) is 12.3. The number of carbonyl (C=O) groups is 1. The maximum atomic E-state index is 13.4. The maximum absolute atomic E-state index is 13.4. The number of benzene rings is 2. The summed E-state index contributed by atoms with van der Waals surface area (Å²) < 4.78 is 33.6. The predicted octanol–water partition coefficient (Wildman–Crippen LogP) is 3.75. The molecule has 5 rings (SSSR count). The summed E-state index contributed by atoms with van der Waals surface area (Å²) in [4.78, 5) is 18.6. The van der Waals surface area contributed by atoms with Gasteiger partial charge in [0.15, 0.2) is 17.3 Å². The summed E-state index contributed by atoms with van der Waals surface area (Å²) in [6.45, 7) is 0.937. The van der Waals surface area contributed by atoms with Crippen LogP contribution in [0.4, 0.5) is 8.78 Å². The zero-order valence-corrected chi connectivity index (χ0v) is 16.9.